The van der Waals surface area contributed by atoms with Gasteiger partial charge in [-0.1, -0.05) is 18.2 Å². The minimum Gasteiger partial charge on any atom is -0.439 e. The molecule has 1 aliphatic heterocycles. The summed E-state index contributed by atoms with van der Waals surface area (Å²) in [6.07, 6.45) is 3.52. The number of benzene rings is 1. The molecule has 1 N–H and O–H groups in total. The van der Waals surface area contributed by atoms with Crippen molar-refractivity contribution in [1.29, 1.82) is 0 Å². The molecule has 1 amide bonds. The van der Waals surface area contributed by atoms with Gasteiger partial charge in [0.2, 0.25) is 5.88 Å². The van der Waals surface area contributed by atoms with Crippen molar-refractivity contribution in [3.63, 3.8) is 0 Å². The van der Waals surface area contributed by atoms with Crippen LogP contribution in [0.3, 0.4) is 0 Å². The molecule has 1 saturated heterocycles. The monoisotopic (exact) mass is 353 g/mol. The number of nitrogens with one attached hydrogen (secondary N) is 1. The van der Waals surface area contributed by atoms with Gasteiger partial charge in [0.15, 0.2) is 0 Å². The number of hydrogen-bond donors (Lipinski definition) is 1. The Kier molecular flexibility index (Phi) is 5.57. The van der Waals surface area contributed by atoms with Gasteiger partial charge in [0.05, 0.1) is 5.56 Å². The van der Waals surface area contributed by atoms with E-state index < -0.39 is 0 Å². The van der Waals surface area contributed by atoms with Crippen LogP contribution in [0.4, 0.5) is 0 Å². The van der Waals surface area contributed by atoms with Gasteiger partial charge in [-0.3, -0.25) is 9.69 Å². The van der Waals surface area contributed by atoms with Crippen molar-refractivity contribution < 1.29 is 9.53 Å². The first kappa shape index (κ1) is 18.4. The molecule has 1 fully saturated rings. The molecule has 0 atom stereocenters. The number of piperidine rings is 1. The number of rotatable bonds is 4. The number of carbonyl (C=O) groups is 1. The number of carbonyl (C=O) groups excluding carboxylic acids is 1. The molecular weight excluding hydrogens is 326 g/mol. The molecule has 0 radical (unpaired) electrons. The van der Waals surface area contributed by atoms with Crippen LogP contribution in [0, 0.1) is 0 Å². The fourth-order valence-corrected chi connectivity index (χ4v) is 3.15. The lowest BCUT2D eigenvalue weighted by molar-refractivity contribution is 0.0812. The number of pyridine rings is 1. The van der Waals surface area contributed by atoms with E-state index in [9.17, 15) is 4.79 Å². The lowest BCUT2D eigenvalue weighted by Crippen LogP contribution is -2.50. The Morgan fingerprint density at radius 1 is 1.12 bits per heavy atom. The second-order valence-corrected chi connectivity index (χ2v) is 7.71. The summed E-state index contributed by atoms with van der Waals surface area (Å²) in [6.45, 7) is 8.72. The number of likely N-dealkylation sites (tertiary alicyclic amines) is 1. The first-order valence-corrected chi connectivity index (χ1v) is 9.17. The van der Waals surface area contributed by atoms with Gasteiger partial charge in [-0.05, 0) is 51.8 Å². The van der Waals surface area contributed by atoms with Gasteiger partial charge in [-0.2, -0.15) is 0 Å². The molecule has 0 aliphatic carbocycles. The first-order chi connectivity index (χ1) is 12.4. The Morgan fingerprint density at radius 3 is 2.38 bits per heavy atom. The Labute approximate surface area is 155 Å². The molecule has 1 aromatic carbocycles. The normalized spacial score (nSPS) is 16.3. The van der Waals surface area contributed by atoms with E-state index >= 15 is 0 Å². The van der Waals surface area contributed by atoms with Gasteiger partial charge in [0.1, 0.15) is 5.75 Å². The maximum atomic E-state index is 12.5. The molecule has 5 heteroatoms. The molecule has 1 aliphatic rings. The van der Waals surface area contributed by atoms with Crippen molar-refractivity contribution in [2.75, 3.05) is 13.1 Å². The largest absolute Gasteiger partial charge is 0.439 e. The van der Waals surface area contributed by atoms with Gasteiger partial charge in [-0.15, -0.1) is 0 Å². The topological polar surface area (TPSA) is 54.5 Å². The molecule has 2 heterocycles. The number of nitrogens with zero attached hydrogens (tertiary/aromatic N) is 2. The predicted molar refractivity (Wildman–Crippen MR) is 103 cm³/mol. The third-order valence-electron chi connectivity index (χ3n) is 4.74. The molecular formula is C21H27N3O2. The van der Waals surface area contributed by atoms with Crippen LogP contribution in [-0.4, -0.2) is 40.5 Å². The maximum absolute atomic E-state index is 12.5. The van der Waals surface area contributed by atoms with Crippen molar-refractivity contribution in [1.82, 2.24) is 15.2 Å². The highest BCUT2D eigenvalue weighted by atomic mass is 16.5. The van der Waals surface area contributed by atoms with Crippen molar-refractivity contribution in [2.24, 2.45) is 0 Å². The van der Waals surface area contributed by atoms with E-state index in [-0.39, 0.29) is 17.5 Å². The van der Waals surface area contributed by atoms with Crippen LogP contribution in [0.25, 0.3) is 0 Å². The minimum absolute atomic E-state index is 0.0713. The van der Waals surface area contributed by atoms with E-state index in [1.807, 2.05) is 30.3 Å². The Balaban J connectivity index is 1.52. The summed E-state index contributed by atoms with van der Waals surface area (Å²) in [6, 6.07) is 13.2. The van der Waals surface area contributed by atoms with Crippen LogP contribution in [0.1, 0.15) is 44.0 Å². The van der Waals surface area contributed by atoms with Gasteiger partial charge < -0.3 is 10.1 Å². The number of hydrogen-bond acceptors (Lipinski definition) is 4. The average molecular weight is 353 g/mol. The summed E-state index contributed by atoms with van der Waals surface area (Å²) < 4.78 is 5.66. The number of para-hydroxylation sites is 1. The molecule has 2 aromatic rings. The van der Waals surface area contributed by atoms with Crippen molar-refractivity contribution >= 4 is 5.91 Å². The molecule has 0 spiro atoms. The van der Waals surface area contributed by atoms with E-state index in [1.165, 1.54) is 0 Å². The predicted octanol–water partition coefficient (Wildman–Crippen LogP) is 3.87. The standard InChI is InChI=1S/C21H27N3O2/c1-21(2,3)24-13-11-17(12-14-24)23-20(25)16-9-10-19(22-15-16)26-18-7-5-4-6-8-18/h4-10,15,17H,11-14H2,1-3H3,(H,23,25). The number of ether oxygens (including phenoxy) is 1. The minimum atomic E-state index is -0.0713. The zero-order chi connectivity index (χ0) is 18.6. The molecule has 0 saturated carbocycles. The molecule has 138 valence electrons. The third kappa shape index (κ3) is 4.82. The molecule has 26 heavy (non-hydrogen) atoms. The second-order valence-electron chi connectivity index (χ2n) is 7.71. The summed E-state index contributed by atoms with van der Waals surface area (Å²) in [5.41, 5.74) is 0.747. The zero-order valence-electron chi connectivity index (χ0n) is 15.7. The summed E-state index contributed by atoms with van der Waals surface area (Å²) in [5.74, 6) is 1.13. The van der Waals surface area contributed by atoms with Crippen LogP contribution in [0.2, 0.25) is 0 Å². The van der Waals surface area contributed by atoms with Crippen molar-refractivity contribution in [3.8, 4) is 11.6 Å². The summed E-state index contributed by atoms with van der Waals surface area (Å²) >= 11 is 0. The Bertz CT molecular complexity index is 715. The lowest BCUT2D eigenvalue weighted by Gasteiger charge is -2.41. The van der Waals surface area contributed by atoms with Gasteiger partial charge >= 0.3 is 0 Å². The first-order valence-electron chi connectivity index (χ1n) is 9.17. The van der Waals surface area contributed by atoms with E-state index in [2.05, 4.69) is 36.0 Å². The zero-order valence-corrected chi connectivity index (χ0v) is 15.7. The highest BCUT2D eigenvalue weighted by molar-refractivity contribution is 5.94. The highest BCUT2D eigenvalue weighted by Crippen LogP contribution is 2.21. The second kappa shape index (κ2) is 7.87. The SMILES string of the molecule is CC(C)(C)N1CCC(NC(=O)c2ccc(Oc3ccccc3)nc2)CC1. The summed E-state index contributed by atoms with van der Waals surface area (Å²) in [4.78, 5) is 19.2. The van der Waals surface area contributed by atoms with Gasteiger partial charge in [-0.25, -0.2) is 4.98 Å². The molecule has 1 aromatic heterocycles. The Morgan fingerprint density at radius 2 is 1.81 bits per heavy atom. The summed E-state index contributed by atoms with van der Waals surface area (Å²) in [5, 5.41) is 3.13. The lowest BCUT2D eigenvalue weighted by atomic mass is 9.98. The van der Waals surface area contributed by atoms with E-state index in [0.29, 0.717) is 11.4 Å². The van der Waals surface area contributed by atoms with Crippen LogP contribution in [-0.2, 0) is 0 Å². The molecule has 3 rings (SSSR count). The maximum Gasteiger partial charge on any atom is 0.253 e. The fraction of sp³-hybridized carbons (Fsp3) is 0.429. The number of aromatic nitrogens is 1. The van der Waals surface area contributed by atoms with Crippen LogP contribution >= 0.6 is 0 Å². The van der Waals surface area contributed by atoms with Gasteiger partial charge in [0, 0.05) is 36.9 Å². The van der Waals surface area contributed by atoms with Crippen LogP contribution < -0.4 is 10.1 Å². The fourth-order valence-electron chi connectivity index (χ4n) is 3.15. The van der Waals surface area contributed by atoms with Crippen molar-refractivity contribution in [2.45, 2.75) is 45.2 Å². The molecule has 5 nitrogen and oxygen atoms in total. The smallest absolute Gasteiger partial charge is 0.253 e. The Hall–Kier alpha value is -2.40. The third-order valence-corrected chi connectivity index (χ3v) is 4.74. The van der Waals surface area contributed by atoms with Gasteiger partial charge in [0.25, 0.3) is 5.91 Å². The van der Waals surface area contributed by atoms with E-state index in [0.717, 1.165) is 31.7 Å². The number of amides is 1. The van der Waals surface area contributed by atoms with Crippen molar-refractivity contribution in [3.05, 3.63) is 54.2 Å². The van der Waals surface area contributed by atoms with Crippen LogP contribution in [0.15, 0.2) is 48.7 Å². The summed E-state index contributed by atoms with van der Waals surface area (Å²) in [7, 11) is 0. The van der Waals surface area contributed by atoms with E-state index in [4.69, 9.17) is 4.74 Å². The average Bonchev–Trinajstić information content (AvgIpc) is 2.63. The van der Waals surface area contributed by atoms with Crippen LogP contribution in [0.5, 0.6) is 11.6 Å². The van der Waals surface area contributed by atoms with E-state index in [1.54, 1.807) is 18.3 Å². The molecule has 0 unspecified atom stereocenters. The quantitative estimate of drug-likeness (QED) is 0.907. The highest BCUT2D eigenvalue weighted by Gasteiger charge is 2.27. The molecule has 0 bridgehead atoms.